The summed E-state index contributed by atoms with van der Waals surface area (Å²) >= 11 is 0. The number of rotatable bonds is 2. The average Bonchev–Trinajstić information content (AvgIpc) is 2.64. The van der Waals surface area contributed by atoms with Gasteiger partial charge in [0.25, 0.3) is 5.91 Å². The molecule has 0 unspecified atom stereocenters. The van der Waals surface area contributed by atoms with Crippen molar-refractivity contribution >= 4 is 5.91 Å². The van der Waals surface area contributed by atoms with E-state index in [-0.39, 0.29) is 35.5 Å². The average molecular weight is 285 g/mol. The van der Waals surface area contributed by atoms with Crippen molar-refractivity contribution in [2.24, 2.45) is 0 Å². The van der Waals surface area contributed by atoms with E-state index in [9.17, 15) is 18.0 Å². The molecule has 2 nitrogen and oxygen atoms in total. The summed E-state index contributed by atoms with van der Waals surface area (Å²) in [5.41, 5.74) is 0.197. The highest BCUT2D eigenvalue weighted by molar-refractivity contribution is 5.99. The second kappa shape index (κ2) is 4.79. The number of carbonyl (C=O) groups excluding carboxylic acids is 1. The number of halogens is 3. The Morgan fingerprint density at radius 1 is 1.15 bits per heavy atom. The third-order valence-corrected chi connectivity index (χ3v) is 3.69. The van der Waals surface area contributed by atoms with Crippen LogP contribution in [0.25, 0.3) is 0 Å². The van der Waals surface area contributed by atoms with E-state index in [2.05, 4.69) is 0 Å². The van der Waals surface area contributed by atoms with E-state index in [4.69, 9.17) is 0 Å². The Labute approximate surface area is 116 Å². The number of hydrogen-bond acceptors (Lipinski definition) is 1. The molecule has 1 heterocycles. The van der Waals surface area contributed by atoms with Crippen LogP contribution in [-0.4, -0.2) is 16.8 Å². The maximum atomic E-state index is 13.2. The first-order valence-electron chi connectivity index (χ1n) is 6.68. The molecule has 0 fully saturated rings. The summed E-state index contributed by atoms with van der Waals surface area (Å²) in [6.07, 6.45) is -4.43. The highest BCUT2D eigenvalue weighted by atomic mass is 19.4. The van der Waals surface area contributed by atoms with Gasteiger partial charge in [-0.3, -0.25) is 4.79 Å². The number of nitrogens with zero attached hydrogens (tertiary/aromatic N) is 1. The summed E-state index contributed by atoms with van der Waals surface area (Å²) in [7, 11) is 0. The zero-order chi connectivity index (χ0) is 15.2. The lowest BCUT2D eigenvalue weighted by Crippen LogP contribution is -2.30. The van der Waals surface area contributed by atoms with Gasteiger partial charge in [0.05, 0.1) is 5.56 Å². The molecule has 0 aromatic heterocycles. The van der Waals surface area contributed by atoms with Crippen LogP contribution in [-0.2, 0) is 12.7 Å². The molecule has 1 aliphatic heterocycles. The van der Waals surface area contributed by atoms with E-state index in [1.54, 1.807) is 19.9 Å². The van der Waals surface area contributed by atoms with Crippen molar-refractivity contribution in [3.8, 4) is 0 Å². The predicted octanol–water partition coefficient (Wildman–Crippen LogP) is 4.19. The molecule has 20 heavy (non-hydrogen) atoms. The Kier molecular flexibility index (Phi) is 3.56. The van der Waals surface area contributed by atoms with Crippen molar-refractivity contribution in [3.63, 3.8) is 0 Å². The molecule has 1 aromatic carbocycles. The van der Waals surface area contributed by atoms with Gasteiger partial charge < -0.3 is 4.90 Å². The molecule has 2 rings (SSSR count). The second-order valence-electron chi connectivity index (χ2n) is 5.77. The predicted molar refractivity (Wildman–Crippen MR) is 70.5 cm³/mol. The van der Waals surface area contributed by atoms with Gasteiger partial charge in [-0.15, -0.1) is 0 Å². The van der Waals surface area contributed by atoms with Gasteiger partial charge in [0.2, 0.25) is 0 Å². The van der Waals surface area contributed by atoms with Crippen LogP contribution in [0.15, 0.2) is 12.1 Å². The normalized spacial score (nSPS) is 15.4. The van der Waals surface area contributed by atoms with Crippen LogP contribution >= 0.6 is 0 Å². The summed E-state index contributed by atoms with van der Waals surface area (Å²) in [4.78, 5) is 13.7. The maximum absolute atomic E-state index is 13.2. The lowest BCUT2D eigenvalue weighted by molar-refractivity contribution is -0.138. The fourth-order valence-corrected chi connectivity index (χ4v) is 2.46. The van der Waals surface area contributed by atoms with Crippen molar-refractivity contribution in [3.05, 3.63) is 34.4 Å². The van der Waals surface area contributed by atoms with Crippen LogP contribution in [0.2, 0.25) is 0 Å². The topological polar surface area (TPSA) is 20.3 Å². The minimum atomic E-state index is -4.43. The molecule has 1 amide bonds. The molecule has 110 valence electrons. The maximum Gasteiger partial charge on any atom is 0.416 e. The summed E-state index contributed by atoms with van der Waals surface area (Å²) < 4.78 is 39.6. The van der Waals surface area contributed by atoms with Crippen LogP contribution in [0, 0.1) is 0 Å². The number of fused-ring (bicyclic) bond motifs is 1. The Balaban J connectivity index is 2.63. The van der Waals surface area contributed by atoms with Crippen LogP contribution < -0.4 is 0 Å². The monoisotopic (exact) mass is 285 g/mol. The fourth-order valence-electron chi connectivity index (χ4n) is 2.46. The lowest BCUT2D eigenvalue weighted by atomic mass is 9.94. The fraction of sp³-hybridized carbons (Fsp3) is 0.533. The SMILES string of the molecule is CC(C)c1cc2c(c(C(F)(F)F)c1)CN(C(C)C)C2=O. The lowest BCUT2D eigenvalue weighted by Gasteiger charge is -2.20. The van der Waals surface area contributed by atoms with Gasteiger partial charge in [0.15, 0.2) is 0 Å². The first kappa shape index (κ1) is 14.9. The minimum absolute atomic E-state index is 0.0407. The number of carbonyl (C=O) groups is 1. The third-order valence-electron chi connectivity index (χ3n) is 3.69. The van der Waals surface area contributed by atoms with Crippen molar-refractivity contribution < 1.29 is 18.0 Å². The molecule has 1 aromatic rings. The zero-order valence-corrected chi connectivity index (χ0v) is 12.0. The van der Waals surface area contributed by atoms with Crippen LogP contribution in [0.3, 0.4) is 0 Å². The number of benzene rings is 1. The molecule has 1 aliphatic rings. The largest absolute Gasteiger partial charge is 0.416 e. The highest BCUT2D eigenvalue weighted by Gasteiger charge is 2.40. The quantitative estimate of drug-likeness (QED) is 0.797. The van der Waals surface area contributed by atoms with E-state index < -0.39 is 11.7 Å². The molecule has 0 saturated heterocycles. The van der Waals surface area contributed by atoms with Crippen molar-refractivity contribution in [2.45, 2.75) is 52.4 Å². The molecule has 0 saturated carbocycles. The number of amides is 1. The van der Waals surface area contributed by atoms with E-state index in [0.717, 1.165) is 0 Å². The summed E-state index contributed by atoms with van der Waals surface area (Å²) in [5, 5.41) is 0. The van der Waals surface area contributed by atoms with Gasteiger partial charge in [0, 0.05) is 18.2 Å². The molecule has 0 spiro atoms. The Morgan fingerprint density at radius 3 is 2.20 bits per heavy atom. The van der Waals surface area contributed by atoms with E-state index in [0.29, 0.717) is 5.56 Å². The molecular weight excluding hydrogens is 267 g/mol. The van der Waals surface area contributed by atoms with Crippen molar-refractivity contribution in [1.82, 2.24) is 4.90 Å². The van der Waals surface area contributed by atoms with Crippen LogP contribution in [0.4, 0.5) is 13.2 Å². The van der Waals surface area contributed by atoms with Gasteiger partial charge in [-0.2, -0.15) is 13.2 Å². The summed E-state index contributed by atoms with van der Waals surface area (Å²) in [6.45, 7) is 7.29. The van der Waals surface area contributed by atoms with Crippen molar-refractivity contribution in [1.29, 1.82) is 0 Å². The summed E-state index contributed by atoms with van der Waals surface area (Å²) in [6, 6.07) is 2.68. The summed E-state index contributed by atoms with van der Waals surface area (Å²) in [5.74, 6) is -0.356. The Morgan fingerprint density at radius 2 is 1.75 bits per heavy atom. The van der Waals surface area contributed by atoms with Crippen LogP contribution in [0.5, 0.6) is 0 Å². The van der Waals surface area contributed by atoms with E-state index >= 15 is 0 Å². The highest BCUT2D eigenvalue weighted by Crippen LogP contribution is 2.39. The zero-order valence-electron chi connectivity index (χ0n) is 12.0. The smallest absolute Gasteiger partial charge is 0.332 e. The van der Waals surface area contributed by atoms with Gasteiger partial charge in [-0.05, 0) is 43.0 Å². The Bertz CT molecular complexity index is 547. The van der Waals surface area contributed by atoms with Crippen LogP contribution in [0.1, 0.15) is 60.7 Å². The molecule has 0 bridgehead atoms. The molecule has 0 atom stereocenters. The number of hydrogen-bond donors (Lipinski definition) is 0. The third kappa shape index (κ3) is 2.41. The van der Waals surface area contributed by atoms with Gasteiger partial charge in [-0.1, -0.05) is 13.8 Å². The standard InChI is InChI=1S/C15H18F3NO/c1-8(2)10-5-11-12(13(6-10)15(16,17)18)7-19(9(3)4)14(11)20/h5-6,8-9H,7H2,1-4H3. The van der Waals surface area contributed by atoms with Crippen molar-refractivity contribution in [2.75, 3.05) is 0 Å². The molecule has 5 heteroatoms. The minimum Gasteiger partial charge on any atom is -0.332 e. The molecule has 0 radical (unpaired) electrons. The molecular formula is C15H18F3NO. The molecule has 0 N–H and O–H groups in total. The second-order valence-corrected chi connectivity index (χ2v) is 5.77. The van der Waals surface area contributed by atoms with E-state index in [1.807, 2.05) is 13.8 Å². The first-order valence-corrected chi connectivity index (χ1v) is 6.68. The van der Waals surface area contributed by atoms with Gasteiger partial charge in [-0.25, -0.2) is 0 Å². The Hall–Kier alpha value is -1.52. The van der Waals surface area contributed by atoms with E-state index in [1.165, 1.54) is 11.0 Å². The first-order chi connectivity index (χ1) is 9.12. The molecule has 0 aliphatic carbocycles. The van der Waals surface area contributed by atoms with Gasteiger partial charge >= 0.3 is 6.18 Å². The number of alkyl halides is 3. The van der Waals surface area contributed by atoms with Gasteiger partial charge in [0.1, 0.15) is 0 Å².